The van der Waals surface area contributed by atoms with Gasteiger partial charge in [-0.2, -0.15) is 0 Å². The molecule has 0 fully saturated rings. The van der Waals surface area contributed by atoms with Crippen molar-refractivity contribution in [2.45, 2.75) is 6.54 Å². The number of hydrogen-bond acceptors (Lipinski definition) is 3. The van der Waals surface area contributed by atoms with Gasteiger partial charge in [0.2, 0.25) is 5.43 Å². The quantitative estimate of drug-likeness (QED) is 0.630. The van der Waals surface area contributed by atoms with Gasteiger partial charge >= 0.3 is 0 Å². The Kier molecular flexibility index (Phi) is 5.01. The van der Waals surface area contributed by atoms with Crippen LogP contribution in [0.1, 0.15) is 15.9 Å². The molecule has 0 aliphatic rings. The summed E-state index contributed by atoms with van der Waals surface area (Å²) in [6.45, 7) is 0.539. The van der Waals surface area contributed by atoms with Crippen LogP contribution in [-0.2, 0) is 11.4 Å². The number of nitrogens with zero attached hydrogens (tertiary/aromatic N) is 2. The summed E-state index contributed by atoms with van der Waals surface area (Å²) in [7, 11) is 2.87. The van der Waals surface area contributed by atoms with Gasteiger partial charge in [0.25, 0.3) is 5.91 Å². The lowest BCUT2D eigenvalue weighted by molar-refractivity contribution is -0.0758. The standard InChI is InChI=1S/C19H17BrN2O3/c1-21(25-2)19(24)16-12-22(11-13-6-5-7-14(20)10-13)17-9-4-3-8-15(17)18(16)23/h3-10,12H,11H2,1-2H3. The second-order valence-corrected chi connectivity index (χ2v) is 6.55. The molecular formula is C19H17BrN2O3. The number of fused-ring (bicyclic) bond motifs is 1. The maximum Gasteiger partial charge on any atom is 0.282 e. The molecule has 2 aromatic carbocycles. The first-order valence-electron chi connectivity index (χ1n) is 7.70. The highest BCUT2D eigenvalue weighted by Crippen LogP contribution is 2.17. The summed E-state index contributed by atoms with van der Waals surface area (Å²) in [5, 5.41) is 1.56. The van der Waals surface area contributed by atoms with Crippen LogP contribution in [0.15, 0.2) is 64.0 Å². The second-order valence-electron chi connectivity index (χ2n) is 5.63. The van der Waals surface area contributed by atoms with E-state index >= 15 is 0 Å². The van der Waals surface area contributed by atoms with Crippen molar-refractivity contribution in [3.05, 3.63) is 80.6 Å². The van der Waals surface area contributed by atoms with Gasteiger partial charge in [-0.15, -0.1) is 0 Å². The van der Waals surface area contributed by atoms with Crippen molar-refractivity contribution in [1.82, 2.24) is 9.63 Å². The van der Waals surface area contributed by atoms with Gasteiger partial charge in [-0.3, -0.25) is 14.4 Å². The number of rotatable bonds is 4. The van der Waals surface area contributed by atoms with Gasteiger partial charge < -0.3 is 4.57 Å². The summed E-state index contributed by atoms with van der Waals surface area (Å²) >= 11 is 3.47. The number of pyridine rings is 1. The van der Waals surface area contributed by atoms with Crippen LogP contribution in [0.25, 0.3) is 10.9 Å². The van der Waals surface area contributed by atoms with Crippen LogP contribution >= 0.6 is 15.9 Å². The van der Waals surface area contributed by atoms with Crippen molar-refractivity contribution >= 4 is 32.7 Å². The third kappa shape index (κ3) is 3.50. The summed E-state index contributed by atoms with van der Waals surface area (Å²) in [5.41, 5.74) is 1.62. The molecule has 0 aliphatic carbocycles. The number of halogens is 1. The highest BCUT2D eigenvalue weighted by atomic mass is 79.9. The summed E-state index contributed by atoms with van der Waals surface area (Å²) < 4.78 is 2.89. The molecule has 1 heterocycles. The largest absolute Gasteiger partial charge is 0.342 e. The molecule has 128 valence electrons. The Balaban J connectivity index is 2.18. The Hall–Kier alpha value is -2.44. The Labute approximate surface area is 153 Å². The fourth-order valence-electron chi connectivity index (χ4n) is 2.71. The average Bonchev–Trinajstić information content (AvgIpc) is 2.63. The van der Waals surface area contributed by atoms with E-state index in [0.29, 0.717) is 11.9 Å². The van der Waals surface area contributed by atoms with Gasteiger partial charge in [0.15, 0.2) is 0 Å². The zero-order valence-electron chi connectivity index (χ0n) is 13.9. The SMILES string of the molecule is CON(C)C(=O)c1cn(Cc2cccc(Br)c2)c2ccccc2c1=O. The molecule has 1 aromatic heterocycles. The van der Waals surface area contributed by atoms with E-state index in [9.17, 15) is 9.59 Å². The van der Waals surface area contributed by atoms with Crippen LogP contribution in [0.4, 0.5) is 0 Å². The summed E-state index contributed by atoms with van der Waals surface area (Å²) in [5.74, 6) is -0.471. The first-order chi connectivity index (χ1) is 12.0. The number of hydroxylamine groups is 2. The Bertz CT molecular complexity index is 997. The van der Waals surface area contributed by atoms with Crippen molar-refractivity contribution in [1.29, 1.82) is 0 Å². The van der Waals surface area contributed by atoms with E-state index in [4.69, 9.17) is 4.84 Å². The van der Waals surface area contributed by atoms with E-state index in [0.717, 1.165) is 20.6 Å². The van der Waals surface area contributed by atoms with Gasteiger partial charge in [0, 0.05) is 29.6 Å². The molecule has 3 aromatic rings. The van der Waals surface area contributed by atoms with E-state index in [2.05, 4.69) is 15.9 Å². The third-order valence-electron chi connectivity index (χ3n) is 4.02. The highest BCUT2D eigenvalue weighted by molar-refractivity contribution is 9.10. The molecule has 0 spiro atoms. The molecular weight excluding hydrogens is 384 g/mol. The summed E-state index contributed by atoms with van der Waals surface area (Å²) in [6, 6.07) is 15.2. The van der Waals surface area contributed by atoms with E-state index < -0.39 is 5.91 Å². The maximum absolute atomic E-state index is 12.7. The predicted molar refractivity (Wildman–Crippen MR) is 101 cm³/mol. The number of aromatic nitrogens is 1. The molecule has 0 radical (unpaired) electrons. The van der Waals surface area contributed by atoms with E-state index in [-0.39, 0.29) is 11.0 Å². The molecule has 3 rings (SSSR count). The van der Waals surface area contributed by atoms with Gasteiger partial charge in [0.05, 0.1) is 12.6 Å². The minimum Gasteiger partial charge on any atom is -0.342 e. The number of amides is 1. The molecule has 0 saturated heterocycles. The molecule has 0 bridgehead atoms. The first-order valence-corrected chi connectivity index (χ1v) is 8.49. The third-order valence-corrected chi connectivity index (χ3v) is 4.51. The van der Waals surface area contributed by atoms with Gasteiger partial charge in [-0.25, -0.2) is 5.06 Å². The van der Waals surface area contributed by atoms with Crippen molar-refractivity contribution in [2.75, 3.05) is 14.2 Å². The molecule has 25 heavy (non-hydrogen) atoms. The maximum atomic E-state index is 12.7. The van der Waals surface area contributed by atoms with Crippen molar-refractivity contribution < 1.29 is 9.63 Å². The number of carbonyl (C=O) groups excluding carboxylic acids is 1. The molecule has 5 nitrogen and oxygen atoms in total. The van der Waals surface area contributed by atoms with Crippen LogP contribution in [0.2, 0.25) is 0 Å². The average molecular weight is 401 g/mol. The minimum absolute atomic E-state index is 0.0815. The summed E-state index contributed by atoms with van der Waals surface area (Å²) in [6.07, 6.45) is 1.60. The van der Waals surface area contributed by atoms with Crippen molar-refractivity contribution in [2.24, 2.45) is 0 Å². The van der Waals surface area contributed by atoms with E-state index in [1.54, 1.807) is 18.3 Å². The van der Waals surface area contributed by atoms with Crippen molar-refractivity contribution in [3.8, 4) is 0 Å². The second kappa shape index (κ2) is 7.21. The highest BCUT2D eigenvalue weighted by Gasteiger charge is 2.18. The van der Waals surface area contributed by atoms with E-state index in [1.807, 2.05) is 41.0 Å². The molecule has 0 unspecified atom stereocenters. The number of para-hydroxylation sites is 1. The lowest BCUT2D eigenvalue weighted by atomic mass is 10.1. The lowest BCUT2D eigenvalue weighted by Crippen LogP contribution is -2.31. The van der Waals surface area contributed by atoms with E-state index in [1.165, 1.54) is 14.2 Å². The van der Waals surface area contributed by atoms with Crippen LogP contribution in [-0.4, -0.2) is 29.7 Å². The van der Waals surface area contributed by atoms with Crippen LogP contribution in [0.3, 0.4) is 0 Å². The first kappa shape index (κ1) is 17.4. The zero-order chi connectivity index (χ0) is 18.0. The topological polar surface area (TPSA) is 51.5 Å². The Morgan fingerprint density at radius 3 is 2.68 bits per heavy atom. The molecule has 0 atom stereocenters. The monoisotopic (exact) mass is 400 g/mol. The molecule has 0 N–H and O–H groups in total. The minimum atomic E-state index is -0.471. The Morgan fingerprint density at radius 1 is 1.20 bits per heavy atom. The predicted octanol–water partition coefficient (Wildman–Crippen LogP) is 3.45. The zero-order valence-corrected chi connectivity index (χ0v) is 15.5. The van der Waals surface area contributed by atoms with Crippen LogP contribution in [0, 0.1) is 0 Å². The van der Waals surface area contributed by atoms with Crippen molar-refractivity contribution in [3.63, 3.8) is 0 Å². The summed E-state index contributed by atoms with van der Waals surface area (Å²) in [4.78, 5) is 30.1. The van der Waals surface area contributed by atoms with Gasteiger partial charge in [-0.05, 0) is 29.8 Å². The fourth-order valence-corrected chi connectivity index (χ4v) is 3.16. The molecule has 0 saturated carbocycles. The van der Waals surface area contributed by atoms with Gasteiger partial charge in [-0.1, -0.05) is 40.2 Å². The lowest BCUT2D eigenvalue weighted by Gasteiger charge is -2.17. The molecule has 6 heteroatoms. The smallest absolute Gasteiger partial charge is 0.282 e. The fraction of sp³-hybridized carbons (Fsp3) is 0.158. The molecule has 0 aliphatic heterocycles. The van der Waals surface area contributed by atoms with Gasteiger partial charge in [0.1, 0.15) is 5.56 Å². The van der Waals surface area contributed by atoms with Crippen LogP contribution < -0.4 is 5.43 Å². The van der Waals surface area contributed by atoms with Crippen LogP contribution in [0.5, 0.6) is 0 Å². The Morgan fingerprint density at radius 2 is 1.96 bits per heavy atom. The number of hydrogen-bond donors (Lipinski definition) is 0. The molecule has 1 amide bonds. The normalized spacial score (nSPS) is 10.8. The number of carbonyl (C=O) groups is 1. The number of benzene rings is 2.